The van der Waals surface area contributed by atoms with E-state index in [-0.39, 0.29) is 11.3 Å². The van der Waals surface area contributed by atoms with Crippen molar-refractivity contribution in [3.63, 3.8) is 0 Å². The minimum absolute atomic E-state index is 0.0541. The van der Waals surface area contributed by atoms with Gasteiger partial charge < -0.3 is 9.30 Å². The third-order valence-corrected chi connectivity index (χ3v) is 2.83. The monoisotopic (exact) mass is 267 g/mol. The summed E-state index contributed by atoms with van der Waals surface area (Å²) in [6.07, 6.45) is 3.39. The summed E-state index contributed by atoms with van der Waals surface area (Å²) in [4.78, 5) is 23.4. The zero-order valence-corrected chi connectivity index (χ0v) is 11.2. The predicted octanol–water partition coefficient (Wildman–Crippen LogP) is 2.36. The van der Waals surface area contributed by atoms with Crippen LogP contribution in [0.15, 0.2) is 29.6 Å². The highest BCUT2D eigenvalue weighted by Crippen LogP contribution is 2.21. The van der Waals surface area contributed by atoms with Crippen molar-refractivity contribution < 1.29 is 9.53 Å². The fraction of sp³-hybridized carbons (Fsp3) is 0.231. The Balaban J connectivity index is 3.73. The van der Waals surface area contributed by atoms with Gasteiger partial charge in [0, 0.05) is 7.05 Å². The molecule has 0 amide bonds. The number of hydrogen-bond acceptors (Lipinski definition) is 3. The Labute approximate surface area is 110 Å². The van der Waals surface area contributed by atoms with Crippen molar-refractivity contribution in [2.45, 2.75) is 6.92 Å². The molecule has 0 radical (unpaired) electrons. The molecule has 1 rings (SSSR count). The Morgan fingerprint density at radius 2 is 2.17 bits per heavy atom. The van der Waals surface area contributed by atoms with E-state index in [0.717, 1.165) is 5.57 Å². The molecule has 0 unspecified atom stereocenters. The average Bonchev–Trinajstić information content (AvgIpc) is 2.35. The SMILES string of the molecule is C=CC(=CC)c1cc(C(=O)Cl)c(OC)c(=O)n1C. The van der Waals surface area contributed by atoms with Gasteiger partial charge in [0.05, 0.1) is 18.4 Å². The van der Waals surface area contributed by atoms with Crippen molar-refractivity contribution in [3.05, 3.63) is 46.4 Å². The lowest BCUT2D eigenvalue weighted by molar-refractivity contribution is 0.107. The molecule has 0 bridgehead atoms. The molecule has 1 heterocycles. The molecule has 0 saturated carbocycles. The third-order valence-electron chi connectivity index (χ3n) is 2.63. The lowest BCUT2D eigenvalue weighted by atomic mass is 10.1. The van der Waals surface area contributed by atoms with Crippen molar-refractivity contribution in [1.82, 2.24) is 4.57 Å². The molecular weight excluding hydrogens is 254 g/mol. The molecule has 0 fully saturated rings. The minimum Gasteiger partial charge on any atom is -0.491 e. The minimum atomic E-state index is -0.731. The maximum Gasteiger partial charge on any atom is 0.293 e. The first-order chi connectivity index (χ1) is 8.47. The summed E-state index contributed by atoms with van der Waals surface area (Å²) < 4.78 is 6.32. The van der Waals surface area contributed by atoms with Crippen LogP contribution in [-0.2, 0) is 7.05 Å². The average molecular weight is 268 g/mol. The molecule has 5 heteroatoms. The summed E-state index contributed by atoms with van der Waals surface area (Å²) >= 11 is 5.46. The second-order valence-corrected chi connectivity index (χ2v) is 3.91. The Morgan fingerprint density at radius 1 is 1.56 bits per heavy atom. The van der Waals surface area contributed by atoms with Gasteiger partial charge in [0.1, 0.15) is 0 Å². The Morgan fingerprint density at radius 3 is 2.56 bits per heavy atom. The van der Waals surface area contributed by atoms with Crippen LogP contribution < -0.4 is 10.3 Å². The summed E-state index contributed by atoms with van der Waals surface area (Å²) in [6, 6.07) is 1.52. The molecule has 0 N–H and O–H groups in total. The molecule has 0 atom stereocenters. The quantitative estimate of drug-likeness (QED) is 0.622. The number of carbonyl (C=O) groups excluding carboxylic acids is 1. The first-order valence-corrected chi connectivity index (χ1v) is 5.62. The van der Waals surface area contributed by atoms with E-state index in [9.17, 15) is 9.59 Å². The lowest BCUT2D eigenvalue weighted by Gasteiger charge is -2.13. The number of carbonyl (C=O) groups is 1. The van der Waals surface area contributed by atoms with Gasteiger partial charge in [0.25, 0.3) is 10.8 Å². The van der Waals surface area contributed by atoms with Crippen molar-refractivity contribution in [1.29, 1.82) is 0 Å². The van der Waals surface area contributed by atoms with E-state index in [1.54, 1.807) is 19.2 Å². The Hall–Kier alpha value is -1.81. The van der Waals surface area contributed by atoms with Gasteiger partial charge in [0.15, 0.2) is 5.75 Å². The standard InChI is InChI=1S/C13H14ClNO3/c1-5-8(6-2)10-7-9(12(14)16)11(18-4)13(17)15(10)3/h5-7H,1H2,2-4H3. The second-order valence-electron chi connectivity index (χ2n) is 3.56. The largest absolute Gasteiger partial charge is 0.491 e. The van der Waals surface area contributed by atoms with Crippen LogP contribution in [0.5, 0.6) is 5.75 Å². The van der Waals surface area contributed by atoms with Crippen molar-refractivity contribution in [2.75, 3.05) is 7.11 Å². The van der Waals surface area contributed by atoms with E-state index in [1.165, 1.54) is 17.7 Å². The molecule has 18 heavy (non-hydrogen) atoms. The number of aromatic nitrogens is 1. The predicted molar refractivity (Wildman–Crippen MR) is 72.3 cm³/mol. The van der Waals surface area contributed by atoms with Crippen LogP contribution in [0.2, 0.25) is 0 Å². The summed E-state index contributed by atoms with van der Waals surface area (Å²) in [5.41, 5.74) is 0.928. The van der Waals surface area contributed by atoms with E-state index in [2.05, 4.69) is 6.58 Å². The van der Waals surface area contributed by atoms with Gasteiger partial charge in [-0.2, -0.15) is 0 Å². The molecule has 0 aliphatic rings. The molecule has 96 valence electrons. The number of pyridine rings is 1. The van der Waals surface area contributed by atoms with Crippen molar-refractivity contribution in [2.24, 2.45) is 7.05 Å². The maximum absolute atomic E-state index is 12.0. The smallest absolute Gasteiger partial charge is 0.293 e. The lowest BCUT2D eigenvalue weighted by Crippen LogP contribution is -2.23. The van der Waals surface area contributed by atoms with Crippen LogP contribution in [0.25, 0.3) is 5.57 Å². The summed E-state index contributed by atoms with van der Waals surface area (Å²) in [5, 5.41) is -0.731. The molecule has 0 aliphatic carbocycles. The van der Waals surface area contributed by atoms with Crippen LogP contribution in [0.1, 0.15) is 23.0 Å². The third kappa shape index (κ3) is 2.38. The van der Waals surface area contributed by atoms with Gasteiger partial charge in [-0.15, -0.1) is 0 Å². The first-order valence-electron chi connectivity index (χ1n) is 5.24. The Bertz CT molecular complexity index is 585. The van der Waals surface area contributed by atoms with Crippen LogP contribution in [0.3, 0.4) is 0 Å². The van der Waals surface area contributed by atoms with E-state index in [4.69, 9.17) is 16.3 Å². The van der Waals surface area contributed by atoms with Crippen LogP contribution in [0, 0.1) is 0 Å². The highest BCUT2D eigenvalue weighted by Gasteiger charge is 2.18. The maximum atomic E-state index is 12.0. The molecule has 1 aromatic rings. The van der Waals surface area contributed by atoms with Gasteiger partial charge in [-0.05, 0) is 30.2 Å². The highest BCUT2D eigenvalue weighted by atomic mass is 35.5. The van der Waals surface area contributed by atoms with Crippen molar-refractivity contribution in [3.8, 4) is 5.75 Å². The van der Waals surface area contributed by atoms with E-state index in [1.807, 2.05) is 6.92 Å². The number of methoxy groups -OCH3 is 1. The number of halogens is 1. The summed E-state index contributed by atoms with van der Waals surface area (Å²) in [7, 11) is 2.92. The number of allylic oxidation sites excluding steroid dienone is 3. The van der Waals surface area contributed by atoms with Gasteiger partial charge in [-0.25, -0.2) is 0 Å². The highest BCUT2D eigenvalue weighted by molar-refractivity contribution is 6.68. The van der Waals surface area contributed by atoms with Crippen LogP contribution in [0.4, 0.5) is 0 Å². The van der Waals surface area contributed by atoms with Crippen LogP contribution >= 0.6 is 11.6 Å². The summed E-state index contributed by atoms with van der Waals surface area (Å²) in [6.45, 7) is 5.48. The number of ether oxygens (including phenoxy) is 1. The van der Waals surface area contributed by atoms with Gasteiger partial charge >= 0.3 is 0 Å². The fourth-order valence-electron chi connectivity index (χ4n) is 1.67. The number of rotatable bonds is 4. The first kappa shape index (κ1) is 14.3. The fourth-order valence-corrected chi connectivity index (χ4v) is 1.81. The summed E-state index contributed by atoms with van der Waals surface area (Å²) in [5.74, 6) is -0.0548. The molecule has 0 saturated heterocycles. The molecule has 4 nitrogen and oxygen atoms in total. The molecule has 0 aliphatic heterocycles. The zero-order valence-electron chi connectivity index (χ0n) is 10.5. The second kappa shape index (κ2) is 5.69. The number of hydrogen-bond donors (Lipinski definition) is 0. The van der Waals surface area contributed by atoms with E-state index >= 15 is 0 Å². The zero-order chi connectivity index (χ0) is 13.9. The molecular formula is C13H14ClNO3. The molecule has 0 aromatic carbocycles. The van der Waals surface area contributed by atoms with Gasteiger partial charge in [0.2, 0.25) is 0 Å². The van der Waals surface area contributed by atoms with Gasteiger partial charge in [-0.3, -0.25) is 9.59 Å². The van der Waals surface area contributed by atoms with Gasteiger partial charge in [-0.1, -0.05) is 18.7 Å². The topological polar surface area (TPSA) is 48.3 Å². The molecule has 1 aromatic heterocycles. The molecule has 0 spiro atoms. The van der Waals surface area contributed by atoms with E-state index in [0.29, 0.717) is 5.69 Å². The Kier molecular flexibility index (Phi) is 4.50. The van der Waals surface area contributed by atoms with Crippen molar-refractivity contribution >= 4 is 22.4 Å². The van der Waals surface area contributed by atoms with E-state index < -0.39 is 10.8 Å². The van der Waals surface area contributed by atoms with Crippen LogP contribution in [-0.4, -0.2) is 16.9 Å². The normalized spacial score (nSPS) is 11.2. The number of nitrogens with zero attached hydrogens (tertiary/aromatic N) is 1.